The van der Waals surface area contributed by atoms with Crippen LogP contribution in [0.5, 0.6) is 0 Å². The largest absolute Gasteiger partial charge is 0.433 e. The van der Waals surface area contributed by atoms with Gasteiger partial charge in [0.2, 0.25) is 5.96 Å². The van der Waals surface area contributed by atoms with Gasteiger partial charge in [0, 0.05) is 11.1 Å². The molecule has 0 unspecified atom stereocenters. The highest BCUT2D eigenvalue weighted by molar-refractivity contribution is 6.34. The predicted molar refractivity (Wildman–Crippen MR) is 109 cm³/mol. The maximum Gasteiger partial charge on any atom is 0.433 e. The number of nitrogens with one attached hydrogen (secondary N) is 3. The Morgan fingerprint density at radius 3 is 2.41 bits per heavy atom. The van der Waals surface area contributed by atoms with Crippen LogP contribution < -0.4 is 10.6 Å². The summed E-state index contributed by atoms with van der Waals surface area (Å²) in [4.78, 5) is 16.5. The molecule has 1 amide bonds. The molecule has 12 heteroatoms. The average molecular weight is 472 g/mol. The Hall–Kier alpha value is -3.47. The zero-order valence-electron chi connectivity index (χ0n) is 16.5. The van der Waals surface area contributed by atoms with Crippen molar-refractivity contribution in [2.45, 2.75) is 20.0 Å². The number of benzene rings is 2. The second-order valence-electron chi connectivity index (χ2n) is 6.70. The average Bonchev–Trinajstić information content (AvgIpc) is 3.06. The third kappa shape index (κ3) is 5.22. The molecule has 0 aliphatic rings. The van der Waals surface area contributed by atoms with Gasteiger partial charge in [-0.3, -0.25) is 15.2 Å². The lowest BCUT2D eigenvalue weighted by Gasteiger charge is -2.13. The number of nitrogens with zero attached hydrogens (tertiary/aromatic N) is 2. The highest BCUT2D eigenvalue weighted by Gasteiger charge is 2.36. The minimum atomic E-state index is -4.69. The van der Waals surface area contributed by atoms with E-state index in [0.29, 0.717) is 6.07 Å². The van der Waals surface area contributed by atoms with Gasteiger partial charge < -0.3 is 5.32 Å². The molecule has 32 heavy (non-hydrogen) atoms. The standard InChI is InChI=1S/C20H15ClF5N5O/c1-9-3-6-15(12(21)7-9)27-19(28-17-10(2)16(30-31-17)20(24,25)26)29-18(32)11-4-5-13(22)14(23)8-11/h3-8H,1-2H3,(H3,27,28,29,30,31,32). The summed E-state index contributed by atoms with van der Waals surface area (Å²) in [5, 5.41) is 10.7. The van der Waals surface area contributed by atoms with E-state index in [-0.39, 0.29) is 33.6 Å². The Balaban J connectivity index is 1.99. The number of carbonyl (C=O) groups is 1. The van der Waals surface area contributed by atoms with Crippen LogP contribution >= 0.6 is 11.6 Å². The normalized spacial score (nSPS) is 12.1. The second kappa shape index (κ2) is 8.95. The van der Waals surface area contributed by atoms with Crippen LogP contribution in [0.15, 0.2) is 41.4 Å². The number of alkyl halides is 3. The maximum absolute atomic E-state index is 13.5. The van der Waals surface area contributed by atoms with E-state index in [1.165, 1.54) is 0 Å². The molecule has 0 bridgehead atoms. The molecule has 0 radical (unpaired) electrons. The third-order valence-corrected chi connectivity index (χ3v) is 4.59. The summed E-state index contributed by atoms with van der Waals surface area (Å²) < 4.78 is 65.8. The molecule has 3 N–H and O–H groups in total. The van der Waals surface area contributed by atoms with Gasteiger partial charge in [-0.15, -0.1) is 0 Å². The number of halogens is 6. The first-order valence-electron chi connectivity index (χ1n) is 8.96. The van der Waals surface area contributed by atoms with Crippen LogP contribution in [0.1, 0.15) is 27.2 Å². The van der Waals surface area contributed by atoms with Crippen molar-refractivity contribution in [3.05, 3.63) is 75.4 Å². The van der Waals surface area contributed by atoms with Crippen LogP contribution in [0.3, 0.4) is 0 Å². The monoisotopic (exact) mass is 471 g/mol. The number of H-pyrrole nitrogens is 1. The molecular formula is C20H15ClF5N5O. The number of hydrogen-bond acceptors (Lipinski definition) is 3. The van der Waals surface area contributed by atoms with E-state index < -0.39 is 29.4 Å². The molecule has 0 saturated carbocycles. The minimum absolute atomic E-state index is 0.245. The number of rotatable bonds is 3. The van der Waals surface area contributed by atoms with Crippen molar-refractivity contribution >= 4 is 35.0 Å². The summed E-state index contributed by atoms with van der Waals surface area (Å²) in [5.74, 6) is -3.99. The summed E-state index contributed by atoms with van der Waals surface area (Å²) in [5.41, 5.74) is -0.540. The summed E-state index contributed by atoms with van der Waals surface area (Å²) >= 11 is 6.17. The molecule has 2 aromatic carbocycles. The van der Waals surface area contributed by atoms with Crippen molar-refractivity contribution in [1.29, 1.82) is 0 Å². The van der Waals surface area contributed by atoms with Gasteiger partial charge in [0.1, 0.15) is 5.69 Å². The number of aromatic amines is 1. The lowest BCUT2D eigenvalue weighted by Crippen LogP contribution is -2.36. The van der Waals surface area contributed by atoms with E-state index in [9.17, 15) is 26.7 Å². The van der Waals surface area contributed by atoms with Crippen LogP contribution in [0.4, 0.5) is 33.5 Å². The number of aliphatic imine (C=N–C) groups is 1. The fraction of sp³-hybridized carbons (Fsp3) is 0.150. The summed E-state index contributed by atoms with van der Waals surface area (Å²) in [6.07, 6.45) is -4.69. The Bertz CT molecular complexity index is 1210. The first-order chi connectivity index (χ1) is 15.0. The molecule has 0 atom stereocenters. The van der Waals surface area contributed by atoms with Gasteiger partial charge in [-0.1, -0.05) is 17.7 Å². The highest BCUT2D eigenvalue weighted by Crippen LogP contribution is 2.33. The molecular weight excluding hydrogens is 457 g/mol. The molecule has 0 saturated heterocycles. The van der Waals surface area contributed by atoms with E-state index >= 15 is 0 Å². The van der Waals surface area contributed by atoms with E-state index in [0.717, 1.165) is 24.6 Å². The second-order valence-corrected chi connectivity index (χ2v) is 7.10. The summed E-state index contributed by atoms with van der Waals surface area (Å²) in [6, 6.07) is 7.34. The maximum atomic E-state index is 13.5. The van der Waals surface area contributed by atoms with Gasteiger partial charge in [-0.05, 0) is 49.7 Å². The Kier molecular flexibility index (Phi) is 6.49. The first kappa shape index (κ1) is 23.2. The number of guanidine groups is 1. The Labute approximate surface area is 183 Å². The van der Waals surface area contributed by atoms with Gasteiger partial charge in [0.15, 0.2) is 17.5 Å². The molecule has 1 aromatic heterocycles. The molecule has 3 rings (SSSR count). The fourth-order valence-corrected chi connectivity index (χ4v) is 2.91. The Morgan fingerprint density at radius 1 is 1.09 bits per heavy atom. The minimum Gasteiger partial charge on any atom is -0.324 e. The summed E-state index contributed by atoms with van der Waals surface area (Å²) in [6.45, 7) is 2.94. The molecule has 3 aromatic rings. The van der Waals surface area contributed by atoms with Crippen LogP contribution in [0, 0.1) is 25.5 Å². The molecule has 1 heterocycles. The SMILES string of the molecule is Cc1ccc(NC(=Nc2n[nH]c(C(F)(F)F)c2C)NC(=O)c2ccc(F)c(F)c2)c(Cl)c1. The lowest BCUT2D eigenvalue weighted by molar-refractivity contribution is -0.141. The van der Waals surface area contributed by atoms with Crippen molar-refractivity contribution in [3.8, 4) is 0 Å². The van der Waals surface area contributed by atoms with Crippen LogP contribution in [0.25, 0.3) is 0 Å². The third-order valence-electron chi connectivity index (χ3n) is 4.28. The van der Waals surface area contributed by atoms with Crippen LogP contribution in [-0.4, -0.2) is 22.1 Å². The quantitative estimate of drug-likeness (QED) is 0.268. The van der Waals surface area contributed by atoms with Crippen molar-refractivity contribution in [1.82, 2.24) is 15.5 Å². The smallest absolute Gasteiger partial charge is 0.324 e. The highest BCUT2D eigenvalue weighted by atomic mass is 35.5. The van der Waals surface area contributed by atoms with Gasteiger partial charge in [0.25, 0.3) is 5.91 Å². The number of carbonyl (C=O) groups excluding carboxylic acids is 1. The number of hydrogen-bond donors (Lipinski definition) is 3. The van der Waals surface area contributed by atoms with Gasteiger partial charge in [0.05, 0.1) is 10.7 Å². The molecule has 168 valence electrons. The van der Waals surface area contributed by atoms with Crippen molar-refractivity contribution in [2.24, 2.45) is 4.99 Å². The predicted octanol–water partition coefficient (Wildman–Crippen LogP) is 5.51. The molecule has 0 spiro atoms. The van der Waals surface area contributed by atoms with E-state index in [1.54, 1.807) is 25.1 Å². The van der Waals surface area contributed by atoms with E-state index in [4.69, 9.17) is 11.6 Å². The van der Waals surface area contributed by atoms with Crippen molar-refractivity contribution in [3.63, 3.8) is 0 Å². The molecule has 6 nitrogen and oxygen atoms in total. The topological polar surface area (TPSA) is 82.2 Å². The van der Waals surface area contributed by atoms with Crippen molar-refractivity contribution < 1.29 is 26.7 Å². The van der Waals surface area contributed by atoms with E-state index in [2.05, 4.69) is 20.7 Å². The number of anilines is 1. The molecule has 0 aliphatic heterocycles. The number of aryl methyl sites for hydroxylation is 1. The van der Waals surface area contributed by atoms with Crippen molar-refractivity contribution in [2.75, 3.05) is 5.32 Å². The van der Waals surface area contributed by atoms with Gasteiger partial charge in [-0.25, -0.2) is 8.78 Å². The first-order valence-corrected chi connectivity index (χ1v) is 9.34. The Morgan fingerprint density at radius 2 is 1.81 bits per heavy atom. The van der Waals surface area contributed by atoms with Crippen LogP contribution in [-0.2, 0) is 6.18 Å². The van der Waals surface area contributed by atoms with E-state index in [1.807, 2.05) is 5.10 Å². The molecule has 0 fully saturated rings. The lowest BCUT2D eigenvalue weighted by atomic mass is 10.2. The van der Waals surface area contributed by atoms with Gasteiger partial charge >= 0.3 is 6.18 Å². The van der Waals surface area contributed by atoms with Crippen LogP contribution in [0.2, 0.25) is 5.02 Å². The number of amides is 1. The molecule has 0 aliphatic carbocycles. The van der Waals surface area contributed by atoms with Gasteiger partial charge in [-0.2, -0.15) is 23.3 Å². The fourth-order valence-electron chi connectivity index (χ4n) is 2.63. The zero-order chi connectivity index (χ0) is 23.6. The summed E-state index contributed by atoms with van der Waals surface area (Å²) in [7, 11) is 0. The number of aromatic nitrogens is 2. The zero-order valence-corrected chi connectivity index (χ0v) is 17.3.